The van der Waals surface area contributed by atoms with Gasteiger partial charge in [0, 0.05) is 23.3 Å². The molecule has 0 aliphatic heterocycles. The fourth-order valence-electron chi connectivity index (χ4n) is 9.21. The van der Waals surface area contributed by atoms with Gasteiger partial charge < -0.3 is 10.2 Å². The van der Waals surface area contributed by atoms with Gasteiger partial charge in [-0.1, -0.05) is 51.8 Å². The van der Waals surface area contributed by atoms with Gasteiger partial charge in [-0.25, -0.2) is 4.79 Å². The second-order valence-corrected chi connectivity index (χ2v) is 13.4. The van der Waals surface area contributed by atoms with Crippen LogP contribution in [-0.2, 0) is 9.59 Å². The molecule has 7 atom stereocenters. The molecule has 0 spiro atoms. The number of carbonyl (C=O) groups is 2. The predicted molar refractivity (Wildman–Crippen MR) is 135 cm³/mol. The standard InChI is InChI=1S/C30H46O4/c1-18(9-8-10-19(2)26(32)33)20-13-15-28(5)21-11-12-23-27(3,4)25(31)14-16-29(23,6)22(21)17-24(28)30(20,7)34/h10,18,20,23-24,34H,8-9,11-17H2,1-7H3,(H,32,33)/b19-10-/t18-,20-,23-,24-,28+,29-,30+/m1/s1. The third-order valence-electron chi connectivity index (χ3n) is 11.4. The topological polar surface area (TPSA) is 74.6 Å². The van der Waals surface area contributed by atoms with Crippen molar-refractivity contribution >= 4 is 11.8 Å². The van der Waals surface area contributed by atoms with E-state index in [1.807, 2.05) is 6.08 Å². The minimum Gasteiger partial charge on any atom is -0.478 e. The van der Waals surface area contributed by atoms with Crippen LogP contribution in [-0.4, -0.2) is 27.6 Å². The second kappa shape index (κ2) is 8.32. The van der Waals surface area contributed by atoms with Gasteiger partial charge in [0.15, 0.2) is 0 Å². The van der Waals surface area contributed by atoms with Crippen LogP contribution in [0.5, 0.6) is 0 Å². The summed E-state index contributed by atoms with van der Waals surface area (Å²) in [5.41, 5.74) is 2.72. The van der Waals surface area contributed by atoms with Gasteiger partial charge in [-0.05, 0) is 93.8 Å². The summed E-state index contributed by atoms with van der Waals surface area (Å²) in [6.45, 7) is 15.1. The van der Waals surface area contributed by atoms with Crippen molar-refractivity contribution in [3.05, 3.63) is 22.8 Å². The van der Waals surface area contributed by atoms with E-state index >= 15 is 0 Å². The maximum absolute atomic E-state index is 12.8. The number of aliphatic hydroxyl groups is 1. The van der Waals surface area contributed by atoms with Gasteiger partial charge in [0.2, 0.25) is 0 Å². The molecule has 4 heteroatoms. The van der Waals surface area contributed by atoms with E-state index in [0.717, 1.165) is 51.4 Å². The average molecular weight is 471 g/mol. The fraction of sp³-hybridized carbons (Fsp3) is 0.800. The maximum atomic E-state index is 12.8. The van der Waals surface area contributed by atoms with E-state index < -0.39 is 11.6 Å². The highest BCUT2D eigenvalue weighted by atomic mass is 16.4. The number of Topliss-reactive ketones (excluding diaryl/α,β-unsaturated/α-hetero) is 1. The summed E-state index contributed by atoms with van der Waals surface area (Å²) < 4.78 is 0. The highest BCUT2D eigenvalue weighted by molar-refractivity contribution is 5.86. The van der Waals surface area contributed by atoms with Crippen molar-refractivity contribution in [2.24, 2.45) is 39.9 Å². The Bertz CT molecular complexity index is 937. The van der Waals surface area contributed by atoms with E-state index in [1.165, 1.54) is 0 Å². The summed E-state index contributed by atoms with van der Waals surface area (Å²) in [4.78, 5) is 23.9. The number of carbonyl (C=O) groups excluding carboxylic acids is 1. The molecule has 34 heavy (non-hydrogen) atoms. The van der Waals surface area contributed by atoms with Crippen LogP contribution in [0.25, 0.3) is 0 Å². The zero-order valence-electron chi connectivity index (χ0n) is 22.5. The molecule has 0 unspecified atom stereocenters. The zero-order valence-corrected chi connectivity index (χ0v) is 22.5. The van der Waals surface area contributed by atoms with Gasteiger partial charge >= 0.3 is 5.97 Å². The molecular weight excluding hydrogens is 424 g/mol. The molecule has 0 radical (unpaired) electrons. The third kappa shape index (κ3) is 3.65. The van der Waals surface area contributed by atoms with Gasteiger partial charge in [-0.3, -0.25) is 4.79 Å². The molecule has 0 heterocycles. The van der Waals surface area contributed by atoms with Crippen LogP contribution in [0, 0.1) is 39.9 Å². The Balaban J connectivity index is 1.58. The van der Waals surface area contributed by atoms with Gasteiger partial charge in [0.25, 0.3) is 0 Å². The number of hydrogen-bond acceptors (Lipinski definition) is 3. The number of allylic oxidation sites excluding steroid dienone is 3. The Morgan fingerprint density at radius 3 is 2.32 bits per heavy atom. The molecular formula is C30H46O4. The fourth-order valence-corrected chi connectivity index (χ4v) is 9.21. The summed E-state index contributed by atoms with van der Waals surface area (Å²) in [5, 5.41) is 21.2. The monoisotopic (exact) mass is 470 g/mol. The Morgan fingerprint density at radius 1 is 1.03 bits per heavy atom. The van der Waals surface area contributed by atoms with E-state index in [0.29, 0.717) is 29.6 Å². The minimum atomic E-state index is -0.852. The van der Waals surface area contributed by atoms with Crippen molar-refractivity contribution in [2.45, 2.75) is 112 Å². The van der Waals surface area contributed by atoms with E-state index in [-0.39, 0.29) is 28.1 Å². The smallest absolute Gasteiger partial charge is 0.330 e. The Hall–Kier alpha value is -1.42. The van der Waals surface area contributed by atoms with Crippen molar-refractivity contribution in [1.29, 1.82) is 0 Å². The van der Waals surface area contributed by atoms with Crippen molar-refractivity contribution < 1.29 is 19.8 Å². The van der Waals surface area contributed by atoms with Crippen LogP contribution in [0.15, 0.2) is 22.8 Å². The molecule has 0 aromatic rings. The lowest BCUT2D eigenvalue weighted by molar-refractivity contribution is -0.139. The number of hydrogen-bond donors (Lipinski definition) is 2. The van der Waals surface area contributed by atoms with Crippen molar-refractivity contribution in [3.63, 3.8) is 0 Å². The predicted octanol–water partition coefficient (Wildman–Crippen LogP) is 6.72. The Morgan fingerprint density at radius 2 is 1.68 bits per heavy atom. The van der Waals surface area contributed by atoms with E-state index in [2.05, 4.69) is 41.5 Å². The Kier molecular flexibility index (Phi) is 6.28. The highest BCUT2D eigenvalue weighted by Gasteiger charge is 2.63. The molecule has 0 aromatic carbocycles. The average Bonchev–Trinajstić information content (AvgIpc) is 3.06. The van der Waals surface area contributed by atoms with E-state index in [4.69, 9.17) is 5.11 Å². The zero-order chi connectivity index (χ0) is 25.3. The number of rotatable bonds is 5. The molecule has 0 aromatic heterocycles. The lowest BCUT2D eigenvalue weighted by atomic mass is 9.49. The van der Waals surface area contributed by atoms with Gasteiger partial charge in [0.05, 0.1) is 5.60 Å². The summed E-state index contributed by atoms with van der Waals surface area (Å²) in [6, 6.07) is 0. The Labute approximate surface area is 206 Å². The first-order chi connectivity index (χ1) is 15.7. The number of carboxylic acid groups (broad SMARTS) is 1. The SMILES string of the molecule is C/C(=C/CC[C@@H](C)[C@H]1CC[C@@]2(C)C3=C(C[C@H]2[C@@]1(C)O)[C@@]1(C)CCC(=O)C(C)(C)[C@H]1CC3)C(=O)O. The molecule has 2 N–H and O–H groups in total. The molecule has 4 aliphatic rings. The molecule has 2 saturated carbocycles. The first-order valence-electron chi connectivity index (χ1n) is 13.6. The number of aliphatic carboxylic acids is 1. The highest BCUT2D eigenvalue weighted by Crippen LogP contribution is 2.70. The number of carboxylic acids is 1. The maximum Gasteiger partial charge on any atom is 0.330 e. The molecule has 190 valence electrons. The number of ketones is 1. The van der Waals surface area contributed by atoms with Gasteiger partial charge in [0.1, 0.15) is 5.78 Å². The molecule has 0 amide bonds. The van der Waals surface area contributed by atoms with Crippen molar-refractivity contribution in [3.8, 4) is 0 Å². The first kappa shape index (κ1) is 25.7. The molecule has 2 fully saturated rings. The van der Waals surface area contributed by atoms with Crippen LogP contribution in [0.4, 0.5) is 0 Å². The van der Waals surface area contributed by atoms with Crippen LogP contribution in [0.3, 0.4) is 0 Å². The first-order valence-corrected chi connectivity index (χ1v) is 13.6. The molecule has 0 saturated heterocycles. The van der Waals surface area contributed by atoms with Crippen LogP contribution >= 0.6 is 0 Å². The molecule has 4 nitrogen and oxygen atoms in total. The second-order valence-electron chi connectivity index (χ2n) is 13.4. The molecule has 4 rings (SSSR count). The largest absolute Gasteiger partial charge is 0.478 e. The van der Waals surface area contributed by atoms with Crippen molar-refractivity contribution in [2.75, 3.05) is 0 Å². The minimum absolute atomic E-state index is 0.0500. The summed E-state index contributed by atoms with van der Waals surface area (Å²) >= 11 is 0. The van der Waals surface area contributed by atoms with Crippen LogP contribution in [0.1, 0.15) is 106 Å². The summed E-state index contributed by atoms with van der Waals surface area (Å²) in [7, 11) is 0. The normalized spacial score (nSPS) is 42.6. The lowest BCUT2D eigenvalue weighted by Gasteiger charge is -2.55. The summed E-state index contributed by atoms with van der Waals surface area (Å²) in [6.07, 6.45) is 10.4. The van der Waals surface area contributed by atoms with E-state index in [9.17, 15) is 14.7 Å². The van der Waals surface area contributed by atoms with Crippen LogP contribution in [0.2, 0.25) is 0 Å². The third-order valence-corrected chi connectivity index (χ3v) is 11.4. The number of fused-ring (bicyclic) bond motifs is 4. The quantitative estimate of drug-likeness (QED) is 0.345. The molecule has 4 aliphatic carbocycles. The van der Waals surface area contributed by atoms with Crippen molar-refractivity contribution in [1.82, 2.24) is 0 Å². The molecule has 0 bridgehead atoms. The summed E-state index contributed by atoms with van der Waals surface area (Å²) in [5.74, 6) is 0.748. The van der Waals surface area contributed by atoms with Gasteiger partial charge in [-0.2, -0.15) is 0 Å². The lowest BCUT2D eigenvalue weighted by Crippen LogP contribution is -2.54. The van der Waals surface area contributed by atoms with Crippen LogP contribution < -0.4 is 0 Å². The van der Waals surface area contributed by atoms with E-state index in [1.54, 1.807) is 18.1 Å². The van der Waals surface area contributed by atoms with Gasteiger partial charge in [-0.15, -0.1) is 0 Å².